The normalized spacial score (nSPS) is 15.0. The number of nitrogens with one attached hydrogen (secondary N) is 1. The highest BCUT2D eigenvalue weighted by Gasteiger charge is 2.29. The number of aromatic nitrogens is 3. The van der Waals surface area contributed by atoms with Gasteiger partial charge in [-0.1, -0.05) is 12.1 Å². The third-order valence-electron chi connectivity index (χ3n) is 4.99. The van der Waals surface area contributed by atoms with Crippen LogP contribution in [0.2, 0.25) is 0 Å². The smallest absolute Gasteiger partial charge is 0.280 e. The lowest BCUT2D eigenvalue weighted by molar-refractivity contribution is -0.122. The molecule has 28 heavy (non-hydrogen) atoms. The molecule has 1 fully saturated rings. The van der Waals surface area contributed by atoms with Crippen molar-refractivity contribution in [1.82, 2.24) is 19.7 Å². The van der Waals surface area contributed by atoms with E-state index in [2.05, 4.69) is 10.4 Å². The summed E-state index contributed by atoms with van der Waals surface area (Å²) in [4.78, 5) is 12.5. The van der Waals surface area contributed by atoms with Crippen LogP contribution in [0.3, 0.4) is 0 Å². The van der Waals surface area contributed by atoms with Crippen molar-refractivity contribution in [2.45, 2.75) is 44.7 Å². The number of rotatable bonds is 7. The maximum atomic E-state index is 13.3. The van der Waals surface area contributed by atoms with Gasteiger partial charge in [0.15, 0.2) is 0 Å². The SMILES string of the molecule is C[C@@H](NC(=O)Cn1nc(C2CC2)cc1C(F)F)c1cccc(-n2cccc2)c1. The minimum absolute atomic E-state index is 0.195. The molecule has 3 aromatic rings. The molecule has 2 heterocycles. The molecule has 0 unspecified atom stereocenters. The van der Waals surface area contributed by atoms with Gasteiger partial charge in [0, 0.05) is 24.0 Å². The monoisotopic (exact) mass is 384 g/mol. The van der Waals surface area contributed by atoms with Gasteiger partial charge in [0.25, 0.3) is 6.43 Å². The number of carbonyl (C=O) groups is 1. The average molecular weight is 384 g/mol. The van der Waals surface area contributed by atoms with Crippen LogP contribution < -0.4 is 5.32 Å². The minimum atomic E-state index is -2.65. The van der Waals surface area contributed by atoms with Crippen LogP contribution in [0.1, 0.15) is 55.1 Å². The molecule has 7 heteroatoms. The van der Waals surface area contributed by atoms with Gasteiger partial charge in [-0.3, -0.25) is 9.48 Å². The molecule has 0 bridgehead atoms. The summed E-state index contributed by atoms with van der Waals surface area (Å²) in [7, 11) is 0. The predicted octanol–water partition coefficient (Wildman–Crippen LogP) is 4.37. The zero-order valence-electron chi connectivity index (χ0n) is 15.6. The van der Waals surface area contributed by atoms with Crippen molar-refractivity contribution in [1.29, 1.82) is 0 Å². The fourth-order valence-electron chi connectivity index (χ4n) is 3.30. The molecule has 1 aliphatic carbocycles. The Labute approximate surface area is 162 Å². The van der Waals surface area contributed by atoms with Gasteiger partial charge >= 0.3 is 0 Å². The third kappa shape index (κ3) is 3.98. The Morgan fingerprint density at radius 2 is 1.96 bits per heavy atom. The molecule has 1 aromatic carbocycles. The van der Waals surface area contributed by atoms with E-state index in [9.17, 15) is 13.6 Å². The second kappa shape index (κ2) is 7.58. The molecule has 5 nitrogen and oxygen atoms in total. The summed E-state index contributed by atoms with van der Waals surface area (Å²) >= 11 is 0. The van der Waals surface area contributed by atoms with E-state index in [1.54, 1.807) is 0 Å². The van der Waals surface area contributed by atoms with Crippen molar-refractivity contribution in [2.75, 3.05) is 0 Å². The van der Waals surface area contributed by atoms with E-state index in [4.69, 9.17) is 0 Å². The van der Waals surface area contributed by atoms with Crippen LogP contribution in [0, 0.1) is 0 Å². The van der Waals surface area contributed by atoms with Gasteiger partial charge in [-0.15, -0.1) is 0 Å². The van der Waals surface area contributed by atoms with Gasteiger partial charge in [-0.05, 0) is 55.7 Å². The average Bonchev–Trinajstić information content (AvgIpc) is 3.20. The highest BCUT2D eigenvalue weighted by Crippen LogP contribution is 2.40. The van der Waals surface area contributed by atoms with E-state index in [0.29, 0.717) is 5.69 Å². The van der Waals surface area contributed by atoms with Crippen molar-refractivity contribution >= 4 is 5.91 Å². The van der Waals surface area contributed by atoms with Crippen LogP contribution in [0.15, 0.2) is 54.9 Å². The molecule has 0 radical (unpaired) electrons. The lowest BCUT2D eigenvalue weighted by atomic mass is 10.1. The highest BCUT2D eigenvalue weighted by atomic mass is 19.3. The molecule has 2 aromatic heterocycles. The zero-order valence-corrected chi connectivity index (χ0v) is 15.6. The van der Waals surface area contributed by atoms with E-state index in [1.807, 2.05) is 60.3 Å². The molecule has 1 atom stereocenters. The quantitative estimate of drug-likeness (QED) is 0.658. The number of hydrogen-bond donors (Lipinski definition) is 1. The van der Waals surface area contributed by atoms with Crippen molar-refractivity contribution in [3.63, 3.8) is 0 Å². The van der Waals surface area contributed by atoms with Crippen molar-refractivity contribution in [3.8, 4) is 5.69 Å². The fourth-order valence-corrected chi connectivity index (χ4v) is 3.30. The zero-order chi connectivity index (χ0) is 19.7. The summed E-state index contributed by atoms with van der Waals surface area (Å²) in [5.41, 5.74) is 2.40. The Hall–Kier alpha value is -2.96. The summed E-state index contributed by atoms with van der Waals surface area (Å²) in [5.74, 6) is -0.0802. The van der Waals surface area contributed by atoms with Crippen LogP contribution in [-0.2, 0) is 11.3 Å². The molecular weight excluding hydrogens is 362 g/mol. The molecule has 0 saturated heterocycles. The molecular formula is C21H22F2N4O. The second-order valence-corrected chi connectivity index (χ2v) is 7.20. The van der Waals surface area contributed by atoms with Crippen LogP contribution in [0.5, 0.6) is 0 Å². The Bertz CT molecular complexity index is 961. The van der Waals surface area contributed by atoms with Crippen LogP contribution >= 0.6 is 0 Å². The van der Waals surface area contributed by atoms with Gasteiger partial charge < -0.3 is 9.88 Å². The van der Waals surface area contributed by atoms with E-state index < -0.39 is 6.43 Å². The highest BCUT2D eigenvalue weighted by molar-refractivity contribution is 5.76. The van der Waals surface area contributed by atoms with Gasteiger partial charge in [-0.2, -0.15) is 5.10 Å². The first-order valence-electron chi connectivity index (χ1n) is 9.39. The number of halogens is 2. The van der Waals surface area contributed by atoms with Crippen molar-refractivity contribution in [3.05, 3.63) is 71.8 Å². The Kier molecular flexibility index (Phi) is 4.98. The Morgan fingerprint density at radius 3 is 2.64 bits per heavy atom. The molecule has 1 amide bonds. The summed E-state index contributed by atoms with van der Waals surface area (Å²) in [5, 5.41) is 7.12. The molecule has 1 N–H and O–H groups in total. The molecule has 0 spiro atoms. The Balaban J connectivity index is 1.45. The summed E-state index contributed by atoms with van der Waals surface area (Å²) in [6, 6.07) is 12.9. The van der Waals surface area contributed by atoms with Crippen molar-refractivity contribution < 1.29 is 13.6 Å². The summed E-state index contributed by atoms with van der Waals surface area (Å²) in [6.07, 6.45) is 3.19. The van der Waals surface area contributed by atoms with E-state index in [1.165, 1.54) is 6.07 Å². The molecule has 4 rings (SSSR count). The first-order chi connectivity index (χ1) is 13.5. The fraction of sp³-hybridized carbons (Fsp3) is 0.333. The Morgan fingerprint density at radius 1 is 1.21 bits per heavy atom. The lowest BCUT2D eigenvalue weighted by Gasteiger charge is -2.16. The maximum absolute atomic E-state index is 13.3. The van der Waals surface area contributed by atoms with Gasteiger partial charge in [0.2, 0.25) is 5.91 Å². The predicted molar refractivity (Wildman–Crippen MR) is 101 cm³/mol. The number of carbonyl (C=O) groups excluding carboxylic acids is 1. The molecule has 0 aliphatic heterocycles. The first kappa shape index (κ1) is 18.4. The standard InChI is InChI=1S/C21H22F2N4O/c1-14(16-5-4-6-17(11-16)26-9-2-3-10-26)24-20(28)13-27-19(21(22)23)12-18(25-27)15-7-8-15/h2-6,9-12,14-15,21H,7-8,13H2,1H3,(H,24,28)/t14-/m1/s1. The van der Waals surface area contributed by atoms with Crippen LogP contribution in [0.4, 0.5) is 8.78 Å². The van der Waals surface area contributed by atoms with E-state index in [-0.39, 0.29) is 30.1 Å². The number of nitrogens with zero attached hydrogens (tertiary/aromatic N) is 3. The van der Waals surface area contributed by atoms with Gasteiger partial charge in [0.1, 0.15) is 12.2 Å². The largest absolute Gasteiger partial charge is 0.348 e. The number of alkyl halides is 2. The lowest BCUT2D eigenvalue weighted by Crippen LogP contribution is -2.31. The molecule has 1 saturated carbocycles. The first-order valence-corrected chi connectivity index (χ1v) is 9.39. The maximum Gasteiger partial charge on any atom is 0.280 e. The van der Waals surface area contributed by atoms with Gasteiger partial charge in [0.05, 0.1) is 11.7 Å². The van der Waals surface area contributed by atoms with Crippen LogP contribution in [0.25, 0.3) is 5.69 Å². The third-order valence-corrected chi connectivity index (χ3v) is 4.99. The number of hydrogen-bond acceptors (Lipinski definition) is 2. The molecule has 146 valence electrons. The second-order valence-electron chi connectivity index (χ2n) is 7.20. The van der Waals surface area contributed by atoms with Gasteiger partial charge in [-0.25, -0.2) is 8.78 Å². The van der Waals surface area contributed by atoms with E-state index in [0.717, 1.165) is 28.8 Å². The minimum Gasteiger partial charge on any atom is -0.348 e. The van der Waals surface area contributed by atoms with Crippen molar-refractivity contribution in [2.24, 2.45) is 0 Å². The summed E-state index contributed by atoms with van der Waals surface area (Å²) in [6.45, 7) is 1.66. The molecule has 1 aliphatic rings. The topological polar surface area (TPSA) is 51.9 Å². The van der Waals surface area contributed by atoms with Crippen LogP contribution in [-0.4, -0.2) is 20.3 Å². The summed E-state index contributed by atoms with van der Waals surface area (Å²) < 4.78 is 29.7. The number of benzene rings is 1. The van der Waals surface area contributed by atoms with E-state index >= 15 is 0 Å². The number of amides is 1.